The van der Waals surface area contributed by atoms with Crippen LogP contribution in [0.1, 0.15) is 26.7 Å². The topological polar surface area (TPSA) is 26.3 Å². The van der Waals surface area contributed by atoms with Crippen LogP contribution in [0.3, 0.4) is 0 Å². The Morgan fingerprint density at radius 3 is 2.50 bits per heavy atom. The largest absolute Gasteiger partial charge is 0.356 e. The fraction of sp³-hybridized carbons (Fsp3) is 0.875. The molecule has 0 bridgehead atoms. The fourth-order valence-electron chi connectivity index (χ4n) is 1.23. The molecule has 1 atom stereocenters. The molecule has 1 unspecified atom stereocenters. The Morgan fingerprint density at radius 1 is 1.58 bits per heavy atom. The molecule has 0 amide bonds. The summed E-state index contributed by atoms with van der Waals surface area (Å²) in [5.41, 5.74) is 0. The minimum absolute atomic E-state index is 0.0625. The lowest BCUT2D eigenvalue weighted by atomic mass is 10.0. The molecule has 0 aromatic carbocycles. The van der Waals surface area contributed by atoms with Crippen molar-refractivity contribution in [1.29, 1.82) is 0 Å². The van der Waals surface area contributed by atoms with Crippen molar-refractivity contribution >= 4 is 37.6 Å². The highest BCUT2D eigenvalue weighted by atomic mass is 79.9. The van der Waals surface area contributed by atoms with E-state index in [-0.39, 0.29) is 5.78 Å². The molecule has 1 rings (SSSR count). The van der Waals surface area contributed by atoms with E-state index in [2.05, 4.69) is 31.9 Å². The Morgan fingerprint density at radius 2 is 2.17 bits per heavy atom. The van der Waals surface area contributed by atoms with Crippen LogP contribution in [0.2, 0.25) is 0 Å². The average molecular weight is 300 g/mol. The number of halogens is 2. The number of alkyl halides is 2. The van der Waals surface area contributed by atoms with Crippen LogP contribution in [-0.2, 0) is 9.53 Å². The molecule has 1 aliphatic rings. The van der Waals surface area contributed by atoms with E-state index >= 15 is 0 Å². The summed E-state index contributed by atoms with van der Waals surface area (Å²) < 4.78 is 4.12. The van der Waals surface area contributed by atoms with Gasteiger partial charge >= 0.3 is 0 Å². The zero-order valence-corrected chi connectivity index (χ0v) is 10.4. The van der Waals surface area contributed by atoms with E-state index in [0.29, 0.717) is 6.61 Å². The van der Waals surface area contributed by atoms with Crippen molar-refractivity contribution in [2.75, 3.05) is 6.61 Å². The molecule has 1 saturated heterocycles. The van der Waals surface area contributed by atoms with Gasteiger partial charge in [0.2, 0.25) is 0 Å². The van der Waals surface area contributed by atoms with Gasteiger partial charge in [0.05, 0.1) is 4.32 Å². The van der Waals surface area contributed by atoms with Crippen molar-refractivity contribution in [2.45, 2.75) is 35.5 Å². The van der Waals surface area contributed by atoms with Crippen molar-refractivity contribution in [3.8, 4) is 0 Å². The third-order valence-electron chi connectivity index (χ3n) is 1.85. The van der Waals surface area contributed by atoms with Crippen molar-refractivity contribution < 1.29 is 9.53 Å². The highest BCUT2D eigenvalue weighted by Crippen LogP contribution is 2.38. The predicted molar refractivity (Wildman–Crippen MR) is 54.9 cm³/mol. The maximum Gasteiger partial charge on any atom is 0.191 e. The second-order valence-electron chi connectivity index (χ2n) is 3.48. The molecule has 0 aromatic heterocycles. The molecule has 1 aliphatic heterocycles. The molecule has 1 heterocycles. The molecule has 0 aromatic rings. The summed E-state index contributed by atoms with van der Waals surface area (Å²) in [5.74, 6) is 0.0625. The number of hydrogen-bond acceptors (Lipinski definition) is 2. The molecule has 0 aliphatic carbocycles. The van der Waals surface area contributed by atoms with Gasteiger partial charge in [-0.3, -0.25) is 4.79 Å². The molecule has 12 heavy (non-hydrogen) atoms. The average Bonchev–Trinajstić information content (AvgIpc) is 2.34. The van der Waals surface area contributed by atoms with Gasteiger partial charge in [-0.25, -0.2) is 0 Å². The second-order valence-corrected chi connectivity index (χ2v) is 6.75. The number of carbonyl (C=O) groups is 1. The van der Waals surface area contributed by atoms with E-state index in [0.717, 1.165) is 12.8 Å². The maximum absolute atomic E-state index is 11.8. The number of carbonyl (C=O) groups excluding carboxylic acids is 1. The molecular formula is C8H12Br2O2. The molecule has 2 nitrogen and oxygen atoms in total. The van der Waals surface area contributed by atoms with Crippen LogP contribution in [0.25, 0.3) is 0 Å². The summed E-state index contributed by atoms with van der Waals surface area (Å²) in [6, 6.07) is 0. The van der Waals surface area contributed by atoms with Crippen LogP contribution >= 0.6 is 31.9 Å². The number of Topliss-reactive ketones (excluding diaryl/α,β-unsaturated/α-hetero) is 1. The summed E-state index contributed by atoms with van der Waals surface area (Å²) in [5, 5.41) is 0. The monoisotopic (exact) mass is 298 g/mol. The van der Waals surface area contributed by atoms with Gasteiger partial charge in [-0.15, -0.1) is 0 Å². The molecule has 0 saturated carbocycles. The highest BCUT2D eigenvalue weighted by Gasteiger charge is 2.45. The Balaban J connectivity index is 2.75. The minimum atomic E-state index is -0.736. The third kappa shape index (κ3) is 2.09. The van der Waals surface area contributed by atoms with E-state index in [1.54, 1.807) is 0 Å². The van der Waals surface area contributed by atoms with Gasteiger partial charge in [-0.1, -0.05) is 15.9 Å². The number of ether oxygens (including phenoxy) is 1. The molecule has 0 radical (unpaired) electrons. The Hall–Kier alpha value is 0.590. The smallest absolute Gasteiger partial charge is 0.191 e. The quantitative estimate of drug-likeness (QED) is 0.733. The number of ketones is 1. The van der Waals surface area contributed by atoms with Crippen molar-refractivity contribution in [1.82, 2.24) is 0 Å². The molecular weight excluding hydrogens is 288 g/mol. The second kappa shape index (κ2) is 3.39. The van der Waals surface area contributed by atoms with Crippen LogP contribution < -0.4 is 0 Å². The molecule has 1 fully saturated rings. The Labute approximate surface area is 89.3 Å². The zero-order chi connectivity index (χ0) is 9.41. The van der Waals surface area contributed by atoms with Gasteiger partial charge in [0.1, 0.15) is 0 Å². The van der Waals surface area contributed by atoms with Crippen molar-refractivity contribution in [2.24, 2.45) is 0 Å². The Kier molecular flexibility index (Phi) is 3.01. The van der Waals surface area contributed by atoms with Crippen LogP contribution in [0.15, 0.2) is 0 Å². The Bertz CT molecular complexity index is 190. The zero-order valence-electron chi connectivity index (χ0n) is 7.19. The normalized spacial score (nSPS) is 30.7. The molecule has 0 N–H and O–H groups in total. The summed E-state index contributed by atoms with van der Waals surface area (Å²) in [6.45, 7) is 4.33. The van der Waals surface area contributed by atoms with Gasteiger partial charge < -0.3 is 4.74 Å². The first-order chi connectivity index (χ1) is 5.36. The molecule has 70 valence electrons. The van der Waals surface area contributed by atoms with Crippen LogP contribution in [0.5, 0.6) is 0 Å². The van der Waals surface area contributed by atoms with E-state index < -0.39 is 8.83 Å². The van der Waals surface area contributed by atoms with Crippen LogP contribution in [0.4, 0.5) is 0 Å². The number of hydrogen-bond donors (Lipinski definition) is 0. The number of rotatable bonds is 2. The third-order valence-corrected chi connectivity index (χ3v) is 3.20. The fourth-order valence-corrected chi connectivity index (χ4v) is 2.75. The minimum Gasteiger partial charge on any atom is -0.356 e. The summed E-state index contributed by atoms with van der Waals surface area (Å²) >= 11 is 6.67. The van der Waals surface area contributed by atoms with E-state index in [1.807, 2.05) is 13.8 Å². The van der Waals surface area contributed by atoms with Gasteiger partial charge in [0.15, 0.2) is 10.3 Å². The molecule has 0 spiro atoms. The first kappa shape index (κ1) is 10.7. The lowest BCUT2D eigenvalue weighted by Gasteiger charge is -2.26. The first-order valence-electron chi connectivity index (χ1n) is 3.93. The standard InChI is InChI=1S/C8H12Br2O2/c1-7(2,9)6(11)8(10)4-3-5-12-8/h3-5H2,1-2H3. The summed E-state index contributed by atoms with van der Waals surface area (Å²) in [7, 11) is 0. The van der Waals surface area contributed by atoms with Gasteiger partial charge in [-0.05, 0) is 42.6 Å². The molecule has 4 heteroatoms. The van der Waals surface area contributed by atoms with Gasteiger partial charge in [0.25, 0.3) is 0 Å². The summed E-state index contributed by atoms with van der Waals surface area (Å²) in [6.07, 6.45) is 1.71. The van der Waals surface area contributed by atoms with E-state index in [4.69, 9.17) is 4.74 Å². The van der Waals surface area contributed by atoms with Crippen molar-refractivity contribution in [3.05, 3.63) is 0 Å². The predicted octanol–water partition coefficient (Wildman–Crippen LogP) is 2.63. The highest BCUT2D eigenvalue weighted by molar-refractivity contribution is 9.11. The lowest BCUT2D eigenvalue weighted by Crippen LogP contribution is -2.42. The summed E-state index contributed by atoms with van der Waals surface area (Å²) in [4.78, 5) is 11.8. The first-order valence-corrected chi connectivity index (χ1v) is 5.51. The van der Waals surface area contributed by atoms with E-state index in [1.165, 1.54) is 0 Å². The lowest BCUT2D eigenvalue weighted by molar-refractivity contribution is -0.131. The van der Waals surface area contributed by atoms with Gasteiger partial charge in [-0.2, -0.15) is 0 Å². The maximum atomic E-state index is 11.8. The van der Waals surface area contributed by atoms with Crippen molar-refractivity contribution in [3.63, 3.8) is 0 Å². The van der Waals surface area contributed by atoms with Crippen LogP contribution in [-0.4, -0.2) is 21.2 Å². The van der Waals surface area contributed by atoms with Crippen LogP contribution in [0, 0.1) is 0 Å². The van der Waals surface area contributed by atoms with E-state index in [9.17, 15) is 4.79 Å². The SMILES string of the molecule is CC(C)(Br)C(=O)C1(Br)CCCO1. The van der Waals surface area contributed by atoms with Gasteiger partial charge in [0, 0.05) is 6.61 Å².